The fourth-order valence-electron chi connectivity index (χ4n) is 3.37. The lowest BCUT2D eigenvalue weighted by molar-refractivity contribution is 0.174. The molecule has 0 radical (unpaired) electrons. The highest BCUT2D eigenvalue weighted by Crippen LogP contribution is 2.39. The van der Waals surface area contributed by atoms with Crippen LogP contribution in [0.2, 0.25) is 0 Å². The number of nitriles is 1. The van der Waals surface area contributed by atoms with E-state index in [0.29, 0.717) is 5.56 Å². The molecule has 0 spiro atoms. The molecule has 0 atom stereocenters. The molecule has 1 aliphatic rings. The Labute approximate surface area is 152 Å². The Bertz CT molecular complexity index is 1020. The van der Waals surface area contributed by atoms with Gasteiger partial charge in [-0.3, -0.25) is 0 Å². The first-order chi connectivity index (χ1) is 12.7. The fraction of sp³-hybridized carbons (Fsp3) is 0.238. The second-order valence-corrected chi connectivity index (χ2v) is 6.11. The van der Waals surface area contributed by atoms with Crippen LogP contribution in [0, 0.1) is 11.3 Å². The molecule has 2 aromatic carbocycles. The zero-order valence-corrected chi connectivity index (χ0v) is 14.8. The molecule has 5 heteroatoms. The minimum atomic E-state index is 0.254. The maximum atomic E-state index is 9.32. The van der Waals surface area contributed by atoms with Crippen molar-refractivity contribution in [3.8, 4) is 28.7 Å². The Morgan fingerprint density at radius 3 is 2.62 bits per heavy atom. The van der Waals surface area contributed by atoms with Crippen LogP contribution >= 0.6 is 0 Å². The van der Waals surface area contributed by atoms with Crippen LogP contribution in [0.1, 0.15) is 19.4 Å². The van der Waals surface area contributed by atoms with Crippen molar-refractivity contribution in [3.05, 3.63) is 48.2 Å². The van der Waals surface area contributed by atoms with E-state index in [9.17, 15) is 5.26 Å². The number of fused-ring (bicyclic) bond motifs is 2. The highest BCUT2D eigenvalue weighted by Gasteiger charge is 2.17. The van der Waals surface area contributed by atoms with Crippen LogP contribution in [0.5, 0.6) is 11.5 Å². The topological polar surface area (TPSA) is 58.4 Å². The number of ether oxygens (including phenoxy) is 2. The van der Waals surface area contributed by atoms with E-state index >= 15 is 0 Å². The van der Waals surface area contributed by atoms with E-state index < -0.39 is 0 Å². The lowest BCUT2D eigenvalue weighted by atomic mass is 9.98. The van der Waals surface area contributed by atoms with E-state index in [-0.39, 0.29) is 6.79 Å². The van der Waals surface area contributed by atoms with Crippen molar-refractivity contribution in [2.45, 2.75) is 13.8 Å². The van der Waals surface area contributed by atoms with Gasteiger partial charge in [-0.1, -0.05) is 12.1 Å². The van der Waals surface area contributed by atoms with E-state index in [0.717, 1.165) is 52.3 Å². The summed E-state index contributed by atoms with van der Waals surface area (Å²) in [5.41, 5.74) is 2.66. The maximum absolute atomic E-state index is 9.32. The number of anilines is 1. The van der Waals surface area contributed by atoms with Crippen molar-refractivity contribution in [1.29, 1.82) is 5.26 Å². The molecule has 0 saturated heterocycles. The number of rotatable bonds is 4. The van der Waals surface area contributed by atoms with E-state index in [2.05, 4.69) is 24.8 Å². The molecule has 0 bridgehead atoms. The van der Waals surface area contributed by atoms with E-state index in [1.807, 2.05) is 42.6 Å². The summed E-state index contributed by atoms with van der Waals surface area (Å²) in [6.07, 6.45) is 1.90. The predicted molar refractivity (Wildman–Crippen MR) is 102 cm³/mol. The first-order valence-electron chi connectivity index (χ1n) is 8.73. The summed E-state index contributed by atoms with van der Waals surface area (Å²) in [6, 6.07) is 13.9. The molecule has 0 amide bonds. The van der Waals surface area contributed by atoms with Crippen molar-refractivity contribution in [1.82, 2.24) is 4.98 Å². The van der Waals surface area contributed by atoms with Crippen molar-refractivity contribution in [2.75, 3.05) is 24.8 Å². The van der Waals surface area contributed by atoms with Gasteiger partial charge in [-0.05, 0) is 49.1 Å². The average Bonchev–Trinajstić information content (AvgIpc) is 3.16. The fourth-order valence-corrected chi connectivity index (χ4v) is 3.37. The maximum Gasteiger partial charge on any atom is 0.231 e. The predicted octanol–water partition coefficient (Wildman–Crippen LogP) is 4.35. The Balaban J connectivity index is 1.94. The molecule has 1 aromatic heterocycles. The molecule has 0 unspecified atom stereocenters. The van der Waals surface area contributed by atoms with Gasteiger partial charge in [-0.2, -0.15) is 5.26 Å². The number of hydrogen-bond donors (Lipinski definition) is 0. The minimum absolute atomic E-state index is 0.254. The SMILES string of the molecule is CCN(CC)c1ncc(-c2ccc3c(c2)OCO3)c2ccc(C#N)cc12. The van der Waals surface area contributed by atoms with Gasteiger partial charge in [0.1, 0.15) is 5.82 Å². The molecular formula is C21H19N3O2. The van der Waals surface area contributed by atoms with Crippen LogP contribution in [-0.2, 0) is 0 Å². The van der Waals surface area contributed by atoms with Gasteiger partial charge in [0.25, 0.3) is 0 Å². The average molecular weight is 345 g/mol. The first kappa shape index (κ1) is 16.2. The van der Waals surface area contributed by atoms with Crippen molar-refractivity contribution in [3.63, 3.8) is 0 Å². The Hall–Kier alpha value is -3.26. The van der Waals surface area contributed by atoms with Gasteiger partial charge in [0.2, 0.25) is 6.79 Å². The molecular weight excluding hydrogens is 326 g/mol. The Kier molecular flexibility index (Phi) is 4.10. The molecule has 3 aromatic rings. The summed E-state index contributed by atoms with van der Waals surface area (Å²) in [5.74, 6) is 2.42. The van der Waals surface area contributed by atoms with Gasteiger partial charge in [-0.25, -0.2) is 4.98 Å². The summed E-state index contributed by atoms with van der Waals surface area (Å²) < 4.78 is 10.9. The largest absolute Gasteiger partial charge is 0.454 e. The summed E-state index contributed by atoms with van der Waals surface area (Å²) >= 11 is 0. The summed E-state index contributed by atoms with van der Waals surface area (Å²) in [4.78, 5) is 6.94. The molecule has 0 saturated carbocycles. The second-order valence-electron chi connectivity index (χ2n) is 6.11. The lowest BCUT2D eigenvalue weighted by Gasteiger charge is -2.22. The number of benzene rings is 2. The normalized spacial score (nSPS) is 12.2. The van der Waals surface area contributed by atoms with Gasteiger partial charge >= 0.3 is 0 Å². The first-order valence-corrected chi connectivity index (χ1v) is 8.73. The Morgan fingerprint density at radius 2 is 1.85 bits per heavy atom. The van der Waals surface area contributed by atoms with Gasteiger partial charge in [0, 0.05) is 30.2 Å². The monoisotopic (exact) mass is 345 g/mol. The summed E-state index contributed by atoms with van der Waals surface area (Å²) in [6.45, 7) is 6.19. The molecule has 0 aliphatic carbocycles. The Morgan fingerprint density at radius 1 is 1.04 bits per heavy atom. The van der Waals surface area contributed by atoms with E-state index in [1.54, 1.807) is 0 Å². The molecule has 2 heterocycles. The van der Waals surface area contributed by atoms with Crippen LogP contribution < -0.4 is 14.4 Å². The van der Waals surface area contributed by atoms with Gasteiger partial charge < -0.3 is 14.4 Å². The molecule has 4 rings (SSSR count). The molecule has 1 aliphatic heterocycles. The van der Waals surface area contributed by atoms with Crippen molar-refractivity contribution in [2.24, 2.45) is 0 Å². The van der Waals surface area contributed by atoms with Crippen LogP contribution in [0.15, 0.2) is 42.6 Å². The molecule has 26 heavy (non-hydrogen) atoms. The van der Waals surface area contributed by atoms with Crippen LogP contribution in [0.4, 0.5) is 5.82 Å². The lowest BCUT2D eigenvalue weighted by Crippen LogP contribution is -2.23. The summed E-state index contributed by atoms with van der Waals surface area (Å²) in [5, 5.41) is 11.4. The number of nitrogens with zero attached hydrogens (tertiary/aromatic N) is 3. The van der Waals surface area contributed by atoms with Gasteiger partial charge in [0.05, 0.1) is 11.6 Å². The highest BCUT2D eigenvalue weighted by atomic mass is 16.7. The quantitative estimate of drug-likeness (QED) is 0.704. The van der Waals surface area contributed by atoms with Crippen LogP contribution in [-0.4, -0.2) is 24.9 Å². The highest BCUT2D eigenvalue weighted by molar-refractivity contribution is 6.02. The second kappa shape index (κ2) is 6.57. The third kappa shape index (κ3) is 2.60. The molecule has 0 N–H and O–H groups in total. The molecule has 130 valence electrons. The van der Waals surface area contributed by atoms with Crippen LogP contribution in [0.25, 0.3) is 21.9 Å². The molecule has 0 fully saturated rings. The minimum Gasteiger partial charge on any atom is -0.454 e. The van der Waals surface area contributed by atoms with Crippen molar-refractivity contribution >= 4 is 16.6 Å². The third-order valence-corrected chi connectivity index (χ3v) is 4.74. The molecule has 5 nitrogen and oxygen atoms in total. The number of aromatic nitrogens is 1. The smallest absolute Gasteiger partial charge is 0.231 e. The standard InChI is InChI=1S/C21H19N3O2/c1-3-24(4-2)21-17-9-14(11-22)5-7-16(17)18(12-23-21)15-6-8-19-20(10-15)26-13-25-19/h5-10,12H,3-4,13H2,1-2H3. The number of hydrogen-bond acceptors (Lipinski definition) is 5. The van der Waals surface area contributed by atoms with E-state index in [1.165, 1.54) is 0 Å². The number of pyridine rings is 1. The van der Waals surface area contributed by atoms with Crippen molar-refractivity contribution < 1.29 is 9.47 Å². The van der Waals surface area contributed by atoms with Crippen LogP contribution in [0.3, 0.4) is 0 Å². The zero-order valence-electron chi connectivity index (χ0n) is 14.8. The zero-order chi connectivity index (χ0) is 18.1. The third-order valence-electron chi connectivity index (χ3n) is 4.74. The summed E-state index contributed by atoms with van der Waals surface area (Å²) in [7, 11) is 0. The van der Waals surface area contributed by atoms with E-state index in [4.69, 9.17) is 14.5 Å². The van der Waals surface area contributed by atoms with Gasteiger partial charge in [-0.15, -0.1) is 0 Å². The van der Waals surface area contributed by atoms with Gasteiger partial charge in [0.15, 0.2) is 11.5 Å².